The summed E-state index contributed by atoms with van der Waals surface area (Å²) < 4.78 is 13.1. The lowest BCUT2D eigenvalue weighted by Gasteiger charge is -2.41. The number of hydrogen-bond acceptors (Lipinski definition) is 2. The molecule has 2 amide bonds. The fourth-order valence-electron chi connectivity index (χ4n) is 4.74. The Bertz CT molecular complexity index is 874. The van der Waals surface area contributed by atoms with E-state index in [1.807, 2.05) is 28.0 Å². The minimum absolute atomic E-state index is 0.104. The minimum Gasteiger partial charge on any atom is -0.342 e. The van der Waals surface area contributed by atoms with Crippen LogP contribution < -0.4 is 0 Å². The molecule has 0 unspecified atom stereocenters. The monoisotopic (exact) mass is 408 g/mol. The molecule has 0 radical (unpaired) electrons. The first kappa shape index (κ1) is 20.6. The number of amides is 2. The number of piperidine rings is 1. The van der Waals surface area contributed by atoms with Crippen LogP contribution in [0.15, 0.2) is 54.6 Å². The highest BCUT2D eigenvalue weighted by molar-refractivity contribution is 5.79. The molecule has 0 aliphatic carbocycles. The van der Waals surface area contributed by atoms with Gasteiger partial charge in [-0.15, -0.1) is 0 Å². The SMILES string of the molecule is O=C(Cc1ccc(F)cc1)N1CCC2(CCC(=O)N(Cc3ccccc3)CC2)CC1. The summed E-state index contributed by atoms with van der Waals surface area (Å²) in [6.45, 7) is 2.95. The Morgan fingerprint density at radius 2 is 1.53 bits per heavy atom. The van der Waals surface area contributed by atoms with Gasteiger partial charge >= 0.3 is 0 Å². The van der Waals surface area contributed by atoms with E-state index in [1.54, 1.807) is 12.1 Å². The maximum atomic E-state index is 13.1. The maximum absolute atomic E-state index is 13.1. The maximum Gasteiger partial charge on any atom is 0.226 e. The van der Waals surface area contributed by atoms with Gasteiger partial charge in [0, 0.05) is 32.6 Å². The van der Waals surface area contributed by atoms with Gasteiger partial charge in [-0.3, -0.25) is 9.59 Å². The van der Waals surface area contributed by atoms with Crippen molar-refractivity contribution >= 4 is 11.8 Å². The fraction of sp³-hybridized carbons (Fsp3) is 0.440. The zero-order valence-corrected chi connectivity index (χ0v) is 17.4. The van der Waals surface area contributed by atoms with Gasteiger partial charge in [-0.1, -0.05) is 42.5 Å². The van der Waals surface area contributed by atoms with E-state index in [1.165, 1.54) is 17.7 Å². The number of halogens is 1. The van der Waals surface area contributed by atoms with Gasteiger partial charge in [0.15, 0.2) is 0 Å². The average Bonchev–Trinajstić information content (AvgIpc) is 2.91. The summed E-state index contributed by atoms with van der Waals surface area (Å²) in [6.07, 6.45) is 4.74. The van der Waals surface area contributed by atoms with Crippen LogP contribution in [0.5, 0.6) is 0 Å². The van der Waals surface area contributed by atoms with E-state index in [4.69, 9.17) is 0 Å². The zero-order valence-electron chi connectivity index (χ0n) is 17.4. The van der Waals surface area contributed by atoms with Crippen LogP contribution in [0, 0.1) is 11.2 Å². The van der Waals surface area contributed by atoms with E-state index in [0.717, 1.165) is 50.9 Å². The second-order valence-electron chi connectivity index (χ2n) is 8.73. The Balaban J connectivity index is 1.31. The first-order chi connectivity index (χ1) is 14.5. The van der Waals surface area contributed by atoms with E-state index in [9.17, 15) is 14.0 Å². The molecule has 4 nitrogen and oxygen atoms in total. The first-order valence-corrected chi connectivity index (χ1v) is 10.9. The van der Waals surface area contributed by atoms with Crippen molar-refractivity contribution in [3.8, 4) is 0 Å². The molecule has 2 heterocycles. The summed E-state index contributed by atoms with van der Waals surface area (Å²) in [4.78, 5) is 29.3. The second kappa shape index (κ2) is 8.99. The van der Waals surface area contributed by atoms with Crippen molar-refractivity contribution in [2.45, 2.75) is 45.1 Å². The molecule has 2 aliphatic rings. The highest BCUT2D eigenvalue weighted by atomic mass is 19.1. The van der Waals surface area contributed by atoms with Gasteiger partial charge in [0.05, 0.1) is 6.42 Å². The lowest BCUT2D eigenvalue weighted by molar-refractivity contribution is -0.133. The van der Waals surface area contributed by atoms with Gasteiger partial charge in [-0.2, -0.15) is 0 Å². The molecule has 30 heavy (non-hydrogen) atoms. The third-order valence-electron chi connectivity index (χ3n) is 6.80. The number of nitrogens with zero attached hydrogens (tertiary/aromatic N) is 2. The second-order valence-corrected chi connectivity index (χ2v) is 8.73. The molecule has 5 heteroatoms. The van der Waals surface area contributed by atoms with Gasteiger partial charge in [-0.25, -0.2) is 4.39 Å². The Labute approximate surface area is 177 Å². The molecule has 0 bridgehead atoms. The third kappa shape index (κ3) is 4.89. The molecule has 2 aliphatic heterocycles. The van der Waals surface area contributed by atoms with Crippen LogP contribution in [0.25, 0.3) is 0 Å². The van der Waals surface area contributed by atoms with E-state index in [2.05, 4.69) is 12.1 Å². The normalized spacial score (nSPS) is 19.0. The summed E-state index contributed by atoms with van der Waals surface area (Å²) in [6, 6.07) is 16.3. The number of hydrogen-bond donors (Lipinski definition) is 0. The molecule has 0 N–H and O–H groups in total. The van der Waals surface area contributed by atoms with Gasteiger partial charge in [0.25, 0.3) is 0 Å². The quantitative estimate of drug-likeness (QED) is 0.761. The molecule has 0 aromatic heterocycles. The average molecular weight is 409 g/mol. The molecular formula is C25H29FN2O2. The molecule has 4 rings (SSSR count). The largest absolute Gasteiger partial charge is 0.342 e. The van der Waals surface area contributed by atoms with E-state index < -0.39 is 0 Å². The van der Waals surface area contributed by atoms with Crippen LogP contribution in [0.2, 0.25) is 0 Å². The Hall–Kier alpha value is -2.69. The topological polar surface area (TPSA) is 40.6 Å². The molecule has 1 spiro atoms. The van der Waals surface area contributed by atoms with Crippen LogP contribution in [-0.2, 0) is 22.6 Å². The summed E-state index contributed by atoms with van der Waals surface area (Å²) in [5.41, 5.74) is 2.18. The summed E-state index contributed by atoms with van der Waals surface area (Å²) in [7, 11) is 0. The van der Waals surface area contributed by atoms with Crippen LogP contribution in [0.4, 0.5) is 4.39 Å². The van der Waals surface area contributed by atoms with Crippen LogP contribution >= 0.6 is 0 Å². The summed E-state index contributed by atoms with van der Waals surface area (Å²) in [5.74, 6) is 0.0627. The van der Waals surface area contributed by atoms with Crippen molar-refractivity contribution < 1.29 is 14.0 Å². The molecule has 0 atom stereocenters. The first-order valence-electron chi connectivity index (χ1n) is 10.9. The highest BCUT2D eigenvalue weighted by Gasteiger charge is 2.38. The number of benzene rings is 2. The van der Waals surface area contributed by atoms with Gasteiger partial charge in [0.1, 0.15) is 5.82 Å². The predicted molar refractivity (Wildman–Crippen MR) is 114 cm³/mol. The van der Waals surface area contributed by atoms with Crippen molar-refractivity contribution in [3.05, 3.63) is 71.5 Å². The molecule has 0 saturated carbocycles. The van der Waals surface area contributed by atoms with Crippen LogP contribution in [0.3, 0.4) is 0 Å². The minimum atomic E-state index is -0.282. The van der Waals surface area contributed by atoms with Crippen LogP contribution in [-0.4, -0.2) is 41.2 Å². The molecule has 158 valence electrons. The number of carbonyl (C=O) groups excluding carboxylic acids is 2. The highest BCUT2D eigenvalue weighted by Crippen LogP contribution is 2.41. The van der Waals surface area contributed by atoms with Crippen molar-refractivity contribution in [1.82, 2.24) is 9.80 Å². The Morgan fingerprint density at radius 3 is 2.23 bits per heavy atom. The van der Waals surface area contributed by atoms with Crippen LogP contribution in [0.1, 0.15) is 43.2 Å². The summed E-state index contributed by atoms with van der Waals surface area (Å²) in [5, 5.41) is 0. The standard InChI is InChI=1S/C25H29FN2O2/c26-22-8-6-20(7-9-22)18-24(30)27-15-12-25(13-16-27)11-10-23(29)28(17-14-25)19-21-4-2-1-3-5-21/h1-9H,10-19H2. The number of carbonyl (C=O) groups is 2. The van der Waals surface area contributed by atoms with Crippen molar-refractivity contribution in [3.63, 3.8) is 0 Å². The lowest BCUT2D eigenvalue weighted by Crippen LogP contribution is -2.44. The Morgan fingerprint density at radius 1 is 0.867 bits per heavy atom. The number of likely N-dealkylation sites (tertiary alicyclic amines) is 2. The van der Waals surface area contributed by atoms with Gasteiger partial charge < -0.3 is 9.80 Å². The molecule has 2 fully saturated rings. The molecule has 2 aromatic carbocycles. The molecule has 2 aromatic rings. The van der Waals surface area contributed by atoms with Crippen molar-refractivity contribution in [2.75, 3.05) is 19.6 Å². The third-order valence-corrected chi connectivity index (χ3v) is 6.80. The van der Waals surface area contributed by atoms with Gasteiger partial charge in [0.2, 0.25) is 11.8 Å². The molecular weight excluding hydrogens is 379 g/mol. The summed E-state index contributed by atoms with van der Waals surface area (Å²) >= 11 is 0. The van der Waals surface area contributed by atoms with Crippen molar-refractivity contribution in [2.24, 2.45) is 5.41 Å². The smallest absolute Gasteiger partial charge is 0.226 e. The molecule has 2 saturated heterocycles. The van der Waals surface area contributed by atoms with E-state index in [-0.39, 0.29) is 23.0 Å². The predicted octanol–water partition coefficient (Wildman–Crippen LogP) is 4.19. The number of rotatable bonds is 4. The van der Waals surface area contributed by atoms with Crippen molar-refractivity contribution in [1.29, 1.82) is 0 Å². The lowest BCUT2D eigenvalue weighted by atomic mass is 9.73. The van der Waals surface area contributed by atoms with E-state index >= 15 is 0 Å². The zero-order chi connectivity index (χ0) is 21.0. The van der Waals surface area contributed by atoms with Gasteiger partial charge in [-0.05, 0) is 54.4 Å². The fourth-order valence-corrected chi connectivity index (χ4v) is 4.74. The van der Waals surface area contributed by atoms with E-state index in [0.29, 0.717) is 19.4 Å². The Kier molecular flexibility index (Phi) is 6.16.